The molecule has 0 unspecified atom stereocenters. The highest BCUT2D eigenvalue weighted by Gasteiger charge is 2.21. The van der Waals surface area contributed by atoms with Gasteiger partial charge in [0.1, 0.15) is 12.3 Å². The average molecular weight is 571 g/mol. The van der Waals surface area contributed by atoms with Crippen LogP contribution in [0, 0.1) is 5.92 Å². The smallest absolute Gasteiger partial charge is 0.254 e. The summed E-state index contributed by atoms with van der Waals surface area (Å²) in [7, 11) is 1.56. The van der Waals surface area contributed by atoms with Gasteiger partial charge in [0.2, 0.25) is 11.8 Å². The summed E-state index contributed by atoms with van der Waals surface area (Å²) >= 11 is 1.24. The van der Waals surface area contributed by atoms with Gasteiger partial charge in [0.25, 0.3) is 5.91 Å². The maximum Gasteiger partial charge on any atom is 0.254 e. The fourth-order valence-corrected chi connectivity index (χ4v) is 5.11. The highest BCUT2D eigenvalue weighted by molar-refractivity contribution is 7.13. The van der Waals surface area contributed by atoms with E-state index in [1.807, 2.05) is 74.5 Å². The number of carbonyl (C=O) groups excluding carboxylic acids is 3. The first-order chi connectivity index (χ1) is 19.8. The number of carbonyl (C=O) groups is 3. The maximum atomic E-state index is 13.1. The van der Waals surface area contributed by atoms with Gasteiger partial charge in [-0.25, -0.2) is 4.98 Å². The van der Waals surface area contributed by atoms with E-state index in [4.69, 9.17) is 4.74 Å². The molecule has 0 aliphatic carbocycles. The van der Waals surface area contributed by atoms with Gasteiger partial charge in [0.05, 0.1) is 25.3 Å². The SMILES string of the molecule is COc1ccc(C(=O)N(CC(=O)Nc2nc(CC(=O)NC(c3ccccc3)c3ccccc3)cs2)CC(C)C)cc1. The Morgan fingerprint density at radius 3 is 2.05 bits per heavy atom. The minimum atomic E-state index is -0.355. The van der Waals surface area contributed by atoms with Gasteiger partial charge >= 0.3 is 0 Å². The van der Waals surface area contributed by atoms with Crippen molar-refractivity contribution in [2.45, 2.75) is 26.3 Å². The van der Waals surface area contributed by atoms with E-state index in [1.54, 1.807) is 36.8 Å². The summed E-state index contributed by atoms with van der Waals surface area (Å²) in [6, 6.07) is 26.1. The second-order valence-electron chi connectivity index (χ2n) is 10.00. The van der Waals surface area contributed by atoms with Crippen molar-refractivity contribution in [1.29, 1.82) is 0 Å². The third-order valence-electron chi connectivity index (χ3n) is 6.26. The van der Waals surface area contributed by atoms with Crippen molar-refractivity contribution in [3.8, 4) is 5.75 Å². The molecule has 1 heterocycles. The van der Waals surface area contributed by atoms with E-state index >= 15 is 0 Å². The van der Waals surface area contributed by atoms with Crippen LogP contribution in [0.15, 0.2) is 90.3 Å². The van der Waals surface area contributed by atoms with E-state index < -0.39 is 0 Å². The van der Waals surface area contributed by atoms with E-state index in [2.05, 4.69) is 15.6 Å². The molecular formula is C32H34N4O4S. The van der Waals surface area contributed by atoms with Crippen molar-refractivity contribution in [1.82, 2.24) is 15.2 Å². The lowest BCUT2D eigenvalue weighted by atomic mass is 9.98. The molecule has 4 aromatic rings. The van der Waals surface area contributed by atoms with Gasteiger partial charge in [-0.3, -0.25) is 14.4 Å². The number of nitrogens with one attached hydrogen (secondary N) is 2. The molecule has 3 amide bonds. The number of hydrogen-bond donors (Lipinski definition) is 2. The van der Waals surface area contributed by atoms with Gasteiger partial charge in [-0.2, -0.15) is 0 Å². The Hall–Kier alpha value is -4.50. The van der Waals surface area contributed by atoms with E-state index in [0.717, 1.165) is 11.1 Å². The van der Waals surface area contributed by atoms with Crippen molar-refractivity contribution in [3.05, 3.63) is 113 Å². The predicted octanol–water partition coefficient (Wildman–Crippen LogP) is 5.34. The number of hydrogen-bond acceptors (Lipinski definition) is 6. The number of nitrogens with zero attached hydrogens (tertiary/aromatic N) is 2. The van der Waals surface area contributed by atoms with Crippen LogP contribution in [0.4, 0.5) is 5.13 Å². The number of anilines is 1. The van der Waals surface area contributed by atoms with Crippen molar-refractivity contribution in [2.24, 2.45) is 5.92 Å². The molecule has 212 valence electrons. The van der Waals surface area contributed by atoms with Crippen LogP contribution in [0.5, 0.6) is 5.75 Å². The number of ether oxygens (including phenoxy) is 1. The molecule has 0 spiro atoms. The monoisotopic (exact) mass is 570 g/mol. The second kappa shape index (κ2) is 14.2. The fourth-order valence-electron chi connectivity index (χ4n) is 4.38. The van der Waals surface area contributed by atoms with Crippen LogP contribution in [-0.4, -0.2) is 47.8 Å². The Morgan fingerprint density at radius 1 is 0.878 bits per heavy atom. The summed E-state index contributed by atoms with van der Waals surface area (Å²) in [5.41, 5.74) is 2.99. The molecule has 1 aromatic heterocycles. The molecule has 8 nitrogen and oxygen atoms in total. The van der Waals surface area contributed by atoms with Crippen LogP contribution < -0.4 is 15.4 Å². The molecule has 0 aliphatic rings. The van der Waals surface area contributed by atoms with Crippen molar-refractivity contribution >= 4 is 34.2 Å². The molecule has 4 rings (SSSR count). The third kappa shape index (κ3) is 8.49. The summed E-state index contributed by atoms with van der Waals surface area (Å²) in [5.74, 6) is 0.0498. The zero-order chi connectivity index (χ0) is 29.2. The van der Waals surface area contributed by atoms with Gasteiger partial charge in [-0.1, -0.05) is 74.5 Å². The highest BCUT2D eigenvalue weighted by atomic mass is 32.1. The van der Waals surface area contributed by atoms with Gasteiger partial charge < -0.3 is 20.3 Å². The normalized spacial score (nSPS) is 10.9. The topological polar surface area (TPSA) is 101 Å². The molecule has 0 radical (unpaired) electrons. The quantitative estimate of drug-likeness (QED) is 0.240. The van der Waals surface area contributed by atoms with E-state index in [-0.39, 0.29) is 42.6 Å². The molecule has 0 atom stereocenters. The molecule has 0 aliphatic heterocycles. The van der Waals surface area contributed by atoms with Gasteiger partial charge in [-0.15, -0.1) is 11.3 Å². The predicted molar refractivity (Wildman–Crippen MR) is 161 cm³/mol. The summed E-state index contributed by atoms with van der Waals surface area (Å²) in [4.78, 5) is 45.0. The Kier molecular flexibility index (Phi) is 10.2. The third-order valence-corrected chi connectivity index (χ3v) is 7.06. The minimum absolute atomic E-state index is 0.0674. The lowest BCUT2D eigenvalue weighted by Crippen LogP contribution is -2.40. The van der Waals surface area contributed by atoms with Crippen LogP contribution in [0.1, 0.15) is 47.1 Å². The summed E-state index contributed by atoms with van der Waals surface area (Å²) < 4.78 is 5.17. The van der Waals surface area contributed by atoms with E-state index in [1.165, 1.54) is 16.2 Å². The standard InChI is InChI=1S/C32H34N4O4S/c1-22(2)19-36(31(39)25-14-16-27(40-3)17-15-25)20-29(38)35-32-33-26(21-41-32)18-28(37)34-30(23-10-6-4-7-11-23)24-12-8-5-9-13-24/h4-17,21-22,30H,18-20H2,1-3H3,(H,34,37)(H,33,35,38). The Balaban J connectivity index is 1.37. The maximum absolute atomic E-state index is 13.1. The number of amides is 3. The second-order valence-corrected chi connectivity index (χ2v) is 10.9. The first kappa shape index (κ1) is 29.5. The number of benzene rings is 3. The minimum Gasteiger partial charge on any atom is -0.497 e. The van der Waals surface area contributed by atoms with Crippen molar-refractivity contribution in [2.75, 3.05) is 25.5 Å². The molecular weight excluding hydrogens is 536 g/mol. The lowest BCUT2D eigenvalue weighted by molar-refractivity contribution is -0.121. The molecule has 0 fully saturated rings. The Bertz CT molecular complexity index is 1400. The van der Waals surface area contributed by atoms with Crippen LogP contribution in [0.3, 0.4) is 0 Å². The van der Waals surface area contributed by atoms with Crippen molar-refractivity contribution in [3.63, 3.8) is 0 Å². The van der Waals surface area contributed by atoms with Gasteiger partial charge in [0.15, 0.2) is 5.13 Å². The molecule has 2 N–H and O–H groups in total. The van der Waals surface area contributed by atoms with E-state index in [9.17, 15) is 14.4 Å². The van der Waals surface area contributed by atoms with E-state index in [0.29, 0.717) is 28.7 Å². The summed E-state index contributed by atoms with van der Waals surface area (Å²) in [5, 5.41) is 8.02. The first-order valence-corrected chi connectivity index (χ1v) is 14.3. The van der Waals surface area contributed by atoms with Gasteiger partial charge in [-0.05, 0) is 41.3 Å². The number of thiazole rings is 1. The zero-order valence-electron chi connectivity index (χ0n) is 23.4. The Morgan fingerprint density at radius 2 is 1.49 bits per heavy atom. The molecule has 9 heteroatoms. The molecule has 41 heavy (non-hydrogen) atoms. The number of methoxy groups -OCH3 is 1. The number of aromatic nitrogens is 1. The fraction of sp³-hybridized carbons (Fsp3) is 0.250. The van der Waals surface area contributed by atoms with Crippen LogP contribution in [0.2, 0.25) is 0 Å². The van der Waals surface area contributed by atoms with Crippen molar-refractivity contribution < 1.29 is 19.1 Å². The van der Waals surface area contributed by atoms with Gasteiger partial charge in [0, 0.05) is 17.5 Å². The average Bonchev–Trinajstić information content (AvgIpc) is 3.42. The summed E-state index contributed by atoms with van der Waals surface area (Å²) in [6.07, 6.45) is 0.0674. The number of rotatable bonds is 12. The summed E-state index contributed by atoms with van der Waals surface area (Å²) in [6.45, 7) is 4.29. The molecule has 0 bridgehead atoms. The molecule has 3 aromatic carbocycles. The molecule has 0 saturated heterocycles. The van der Waals surface area contributed by atoms with Crippen LogP contribution in [-0.2, 0) is 16.0 Å². The zero-order valence-corrected chi connectivity index (χ0v) is 24.2. The lowest BCUT2D eigenvalue weighted by Gasteiger charge is -2.24. The Labute approximate surface area is 244 Å². The molecule has 0 saturated carbocycles. The highest BCUT2D eigenvalue weighted by Crippen LogP contribution is 2.23. The first-order valence-electron chi connectivity index (χ1n) is 13.4. The van der Waals surface area contributed by atoms with Crippen LogP contribution >= 0.6 is 11.3 Å². The van der Waals surface area contributed by atoms with Crippen LogP contribution in [0.25, 0.3) is 0 Å². The largest absolute Gasteiger partial charge is 0.497 e.